The highest BCUT2D eigenvalue weighted by Gasteiger charge is 2.34. The zero-order chi connectivity index (χ0) is 19.9. The van der Waals surface area contributed by atoms with E-state index in [-0.39, 0.29) is 30.0 Å². The van der Waals surface area contributed by atoms with Gasteiger partial charge in [0.1, 0.15) is 12.4 Å². The molecule has 0 spiro atoms. The van der Waals surface area contributed by atoms with Gasteiger partial charge in [-0.3, -0.25) is 9.89 Å². The first-order valence-corrected chi connectivity index (χ1v) is 9.26. The summed E-state index contributed by atoms with van der Waals surface area (Å²) in [4.78, 5) is 5.55. The highest BCUT2D eigenvalue weighted by atomic mass is 127. The number of ether oxygens (including phenoxy) is 1. The summed E-state index contributed by atoms with van der Waals surface area (Å²) in [5, 5.41) is 6.34. The first-order chi connectivity index (χ1) is 12.8. The Labute approximate surface area is 182 Å². The highest BCUT2D eigenvalue weighted by molar-refractivity contribution is 14.0. The summed E-state index contributed by atoms with van der Waals surface area (Å²) in [7, 11) is 1.65. The van der Waals surface area contributed by atoms with Crippen LogP contribution in [0.2, 0.25) is 0 Å². The third-order valence-corrected chi connectivity index (χ3v) is 4.43. The lowest BCUT2D eigenvalue weighted by Crippen LogP contribution is -2.46. The Morgan fingerprint density at radius 3 is 2.68 bits per heavy atom. The molecule has 5 nitrogen and oxygen atoms in total. The van der Waals surface area contributed by atoms with Crippen LogP contribution >= 0.6 is 24.0 Å². The lowest BCUT2D eigenvalue weighted by Gasteiger charge is -2.20. The van der Waals surface area contributed by atoms with E-state index in [0.717, 1.165) is 11.3 Å². The third-order valence-electron chi connectivity index (χ3n) is 4.43. The Hall–Kier alpha value is -1.23. The van der Waals surface area contributed by atoms with E-state index in [4.69, 9.17) is 4.74 Å². The van der Waals surface area contributed by atoms with Crippen LogP contribution in [-0.4, -0.2) is 62.9 Å². The van der Waals surface area contributed by atoms with E-state index in [0.29, 0.717) is 44.5 Å². The minimum Gasteiger partial charge on any atom is -0.491 e. The van der Waals surface area contributed by atoms with Crippen LogP contribution in [0, 0.1) is 0 Å². The van der Waals surface area contributed by atoms with E-state index in [1.807, 2.05) is 18.2 Å². The summed E-state index contributed by atoms with van der Waals surface area (Å²) >= 11 is 0. The smallest absolute Gasteiger partial charge is 0.401 e. The zero-order valence-electron chi connectivity index (χ0n) is 16.6. The molecule has 0 radical (unpaired) electrons. The lowest BCUT2D eigenvalue weighted by molar-refractivity contribution is -0.143. The number of hydrogen-bond donors (Lipinski definition) is 2. The number of aliphatic imine (C=N–C) groups is 1. The molecule has 1 aliphatic heterocycles. The van der Waals surface area contributed by atoms with Gasteiger partial charge in [0, 0.05) is 26.2 Å². The number of halogens is 4. The molecule has 160 valence electrons. The van der Waals surface area contributed by atoms with Crippen molar-refractivity contribution in [1.82, 2.24) is 15.5 Å². The van der Waals surface area contributed by atoms with Gasteiger partial charge in [0.2, 0.25) is 0 Å². The van der Waals surface area contributed by atoms with Gasteiger partial charge in [-0.25, -0.2) is 0 Å². The maximum atomic E-state index is 12.5. The molecule has 0 amide bonds. The number of rotatable bonds is 7. The third kappa shape index (κ3) is 8.42. The Kier molecular flexibility index (Phi) is 10.4. The van der Waals surface area contributed by atoms with Crippen molar-refractivity contribution in [3.8, 4) is 5.75 Å². The number of hydrogen-bond acceptors (Lipinski definition) is 3. The van der Waals surface area contributed by atoms with Crippen molar-refractivity contribution in [3.05, 3.63) is 29.8 Å². The van der Waals surface area contributed by atoms with Crippen LogP contribution < -0.4 is 15.4 Å². The topological polar surface area (TPSA) is 48.9 Å². The molecule has 1 atom stereocenters. The summed E-state index contributed by atoms with van der Waals surface area (Å²) in [5.74, 6) is 1.83. The predicted molar refractivity (Wildman–Crippen MR) is 117 cm³/mol. The molecule has 0 bridgehead atoms. The molecule has 1 fully saturated rings. The van der Waals surface area contributed by atoms with Gasteiger partial charge in [0.25, 0.3) is 0 Å². The fourth-order valence-electron chi connectivity index (χ4n) is 3.15. The molecule has 9 heteroatoms. The Bertz CT molecular complexity index is 625. The number of guanidine groups is 1. The average Bonchev–Trinajstić information content (AvgIpc) is 3.02. The van der Waals surface area contributed by atoms with Crippen molar-refractivity contribution < 1.29 is 17.9 Å². The van der Waals surface area contributed by atoms with Gasteiger partial charge < -0.3 is 15.4 Å². The molecule has 2 rings (SSSR count). The van der Waals surface area contributed by atoms with Crippen LogP contribution in [0.1, 0.15) is 31.7 Å². The van der Waals surface area contributed by atoms with Crippen LogP contribution in [0.5, 0.6) is 5.75 Å². The first kappa shape index (κ1) is 24.8. The van der Waals surface area contributed by atoms with E-state index in [1.54, 1.807) is 7.05 Å². The Morgan fingerprint density at radius 2 is 2.04 bits per heavy atom. The molecule has 2 N–H and O–H groups in total. The lowest BCUT2D eigenvalue weighted by atomic mass is 10.0. The van der Waals surface area contributed by atoms with Crippen LogP contribution in [-0.2, 0) is 0 Å². The number of benzene rings is 1. The maximum Gasteiger partial charge on any atom is 0.401 e. The molecule has 28 heavy (non-hydrogen) atoms. The van der Waals surface area contributed by atoms with Gasteiger partial charge in [0.15, 0.2) is 5.96 Å². The number of nitrogens with one attached hydrogen (secondary N) is 2. The monoisotopic (exact) mass is 514 g/mol. The van der Waals surface area contributed by atoms with Gasteiger partial charge in [0.05, 0.1) is 13.1 Å². The second kappa shape index (κ2) is 11.7. The van der Waals surface area contributed by atoms with Crippen molar-refractivity contribution >= 4 is 29.9 Å². The van der Waals surface area contributed by atoms with Gasteiger partial charge in [-0.1, -0.05) is 32.0 Å². The quantitative estimate of drug-likeness (QED) is 0.253. The standard InChI is InChI=1S/C19H29F3N4O.HI/c1-14(2)16-6-4-5-7-17(16)27-11-9-24-18(23-3)25-15-8-10-26(12-15)13-19(20,21)22;/h4-7,14-15H,8-13H2,1-3H3,(H2,23,24,25);1H. The summed E-state index contributed by atoms with van der Waals surface area (Å²) in [5.41, 5.74) is 1.16. The van der Waals surface area contributed by atoms with E-state index < -0.39 is 12.7 Å². The molecule has 0 saturated carbocycles. The molecule has 1 heterocycles. The predicted octanol–water partition coefficient (Wildman–Crippen LogP) is 3.61. The first-order valence-electron chi connectivity index (χ1n) is 9.26. The van der Waals surface area contributed by atoms with Crippen molar-refractivity contribution in [1.29, 1.82) is 0 Å². The SMILES string of the molecule is CN=C(NCCOc1ccccc1C(C)C)NC1CCN(CC(F)(F)F)C1.I. The van der Waals surface area contributed by atoms with E-state index in [2.05, 4.69) is 35.5 Å². The molecular formula is C19H30F3IN4O. The minimum atomic E-state index is -4.15. The van der Waals surface area contributed by atoms with Gasteiger partial charge in [-0.15, -0.1) is 24.0 Å². The summed E-state index contributed by atoms with van der Waals surface area (Å²) in [6, 6.07) is 7.91. The largest absolute Gasteiger partial charge is 0.491 e. The summed E-state index contributed by atoms with van der Waals surface area (Å²) in [6.07, 6.45) is -3.49. The van der Waals surface area contributed by atoms with Crippen LogP contribution in [0.25, 0.3) is 0 Å². The van der Waals surface area contributed by atoms with Gasteiger partial charge in [-0.05, 0) is 24.0 Å². The molecule has 1 saturated heterocycles. The van der Waals surface area contributed by atoms with Gasteiger partial charge in [-0.2, -0.15) is 13.2 Å². The molecule has 1 aromatic carbocycles. The molecule has 0 aliphatic carbocycles. The highest BCUT2D eigenvalue weighted by Crippen LogP contribution is 2.25. The normalized spacial score (nSPS) is 18.1. The van der Waals surface area contributed by atoms with Crippen molar-refractivity contribution in [3.63, 3.8) is 0 Å². The molecule has 1 aromatic rings. The van der Waals surface area contributed by atoms with Crippen molar-refractivity contribution in [2.45, 2.75) is 38.4 Å². The number of para-hydroxylation sites is 1. The molecule has 0 aromatic heterocycles. The van der Waals surface area contributed by atoms with Crippen LogP contribution in [0.15, 0.2) is 29.3 Å². The van der Waals surface area contributed by atoms with E-state index in [9.17, 15) is 13.2 Å². The maximum absolute atomic E-state index is 12.5. The number of alkyl halides is 3. The number of nitrogens with zero attached hydrogens (tertiary/aromatic N) is 2. The second-order valence-corrected chi connectivity index (χ2v) is 7.02. The Morgan fingerprint density at radius 1 is 1.32 bits per heavy atom. The fourth-order valence-corrected chi connectivity index (χ4v) is 3.15. The van der Waals surface area contributed by atoms with Gasteiger partial charge >= 0.3 is 6.18 Å². The average molecular weight is 514 g/mol. The van der Waals surface area contributed by atoms with E-state index >= 15 is 0 Å². The summed E-state index contributed by atoms with van der Waals surface area (Å²) < 4.78 is 43.3. The van der Waals surface area contributed by atoms with Crippen molar-refractivity contribution in [2.24, 2.45) is 4.99 Å². The minimum absolute atomic E-state index is 0. The Balaban J connectivity index is 0.00000392. The van der Waals surface area contributed by atoms with Crippen molar-refractivity contribution in [2.75, 3.05) is 39.8 Å². The number of likely N-dealkylation sites (tertiary alicyclic amines) is 1. The summed E-state index contributed by atoms with van der Waals surface area (Å²) in [6.45, 7) is 5.19. The van der Waals surface area contributed by atoms with Crippen LogP contribution in [0.4, 0.5) is 13.2 Å². The van der Waals surface area contributed by atoms with Crippen LogP contribution in [0.3, 0.4) is 0 Å². The fraction of sp³-hybridized carbons (Fsp3) is 0.632. The molecule has 1 aliphatic rings. The second-order valence-electron chi connectivity index (χ2n) is 7.02. The molecular weight excluding hydrogens is 484 g/mol. The van der Waals surface area contributed by atoms with E-state index in [1.165, 1.54) is 4.90 Å². The zero-order valence-corrected chi connectivity index (χ0v) is 18.9. The molecule has 1 unspecified atom stereocenters.